The number of H-pyrrole nitrogens is 1. The van der Waals surface area contributed by atoms with E-state index < -0.39 is 5.56 Å². The van der Waals surface area contributed by atoms with Crippen LogP contribution in [0, 0.1) is 16.7 Å². The van der Waals surface area contributed by atoms with E-state index in [2.05, 4.69) is 9.97 Å². The number of hydrogen-bond donors (Lipinski definition) is 1. The molecule has 3 heterocycles. The Balaban J connectivity index is 2.13. The zero-order chi connectivity index (χ0) is 21.2. The largest absolute Gasteiger partial charge is 0.488 e. The summed E-state index contributed by atoms with van der Waals surface area (Å²) in [6.45, 7) is 7.11. The summed E-state index contributed by atoms with van der Waals surface area (Å²) < 4.78 is 22.5. The van der Waals surface area contributed by atoms with Gasteiger partial charge in [-0.2, -0.15) is 5.26 Å². The zero-order valence-corrected chi connectivity index (χ0v) is 17.3. The summed E-state index contributed by atoms with van der Waals surface area (Å²) in [7, 11) is 3.14. The normalized spacial score (nSPS) is 15.0. The highest BCUT2D eigenvalue weighted by atomic mass is 16.5. The SMILES string of the molecule is COCCCOc1cc2c(nc1OC)-c1[nH]c(=O)c(C#N)cc1[C@@H](C(C)(C)C)O2. The van der Waals surface area contributed by atoms with Gasteiger partial charge in [-0.05, 0) is 6.07 Å². The summed E-state index contributed by atoms with van der Waals surface area (Å²) in [6, 6.07) is 5.24. The van der Waals surface area contributed by atoms with Crippen molar-refractivity contribution >= 4 is 0 Å². The second-order valence-electron chi connectivity index (χ2n) is 7.86. The van der Waals surface area contributed by atoms with Crippen LogP contribution in [-0.2, 0) is 4.74 Å². The Bertz CT molecular complexity index is 1000. The fraction of sp³-hybridized carbons (Fsp3) is 0.476. The minimum absolute atomic E-state index is 0.0371. The molecule has 8 heteroatoms. The third-order valence-corrected chi connectivity index (χ3v) is 4.61. The Morgan fingerprint density at radius 2 is 2.03 bits per heavy atom. The van der Waals surface area contributed by atoms with Gasteiger partial charge in [-0.25, -0.2) is 4.98 Å². The number of aromatic nitrogens is 2. The first-order chi connectivity index (χ1) is 13.8. The molecule has 1 aliphatic rings. The lowest BCUT2D eigenvalue weighted by molar-refractivity contribution is 0.0827. The average molecular weight is 399 g/mol. The maximum atomic E-state index is 12.3. The Morgan fingerprint density at radius 3 is 2.66 bits per heavy atom. The van der Waals surface area contributed by atoms with E-state index in [1.54, 1.807) is 19.2 Å². The minimum Gasteiger partial charge on any atom is -0.488 e. The lowest BCUT2D eigenvalue weighted by Gasteiger charge is -2.36. The average Bonchev–Trinajstić information content (AvgIpc) is 2.68. The van der Waals surface area contributed by atoms with Gasteiger partial charge in [-0.1, -0.05) is 20.8 Å². The van der Waals surface area contributed by atoms with Gasteiger partial charge in [0.1, 0.15) is 23.4 Å². The molecule has 0 unspecified atom stereocenters. The van der Waals surface area contributed by atoms with Crippen LogP contribution in [0.3, 0.4) is 0 Å². The number of methoxy groups -OCH3 is 2. The predicted octanol–water partition coefficient (Wildman–Crippen LogP) is 3.21. The molecule has 0 radical (unpaired) electrons. The molecule has 0 saturated carbocycles. The first-order valence-electron chi connectivity index (χ1n) is 9.35. The topological polar surface area (TPSA) is 106 Å². The van der Waals surface area contributed by atoms with Gasteiger partial charge in [0.15, 0.2) is 11.5 Å². The summed E-state index contributed by atoms with van der Waals surface area (Å²) >= 11 is 0. The molecule has 0 bridgehead atoms. The number of pyridine rings is 2. The first kappa shape index (κ1) is 20.7. The molecule has 8 nitrogen and oxygen atoms in total. The fourth-order valence-electron chi connectivity index (χ4n) is 3.23. The summed E-state index contributed by atoms with van der Waals surface area (Å²) in [6.07, 6.45) is 0.334. The van der Waals surface area contributed by atoms with E-state index in [1.807, 2.05) is 26.8 Å². The van der Waals surface area contributed by atoms with Crippen molar-refractivity contribution in [2.24, 2.45) is 5.41 Å². The van der Waals surface area contributed by atoms with Crippen LogP contribution in [0.4, 0.5) is 0 Å². The number of aromatic amines is 1. The summed E-state index contributed by atoms with van der Waals surface area (Å²) in [5, 5.41) is 9.27. The Hall–Kier alpha value is -3.05. The molecule has 29 heavy (non-hydrogen) atoms. The predicted molar refractivity (Wildman–Crippen MR) is 106 cm³/mol. The number of fused-ring (bicyclic) bond motifs is 3. The summed E-state index contributed by atoms with van der Waals surface area (Å²) in [5.74, 6) is 1.23. The molecule has 0 saturated heterocycles. The molecule has 0 amide bonds. The molecule has 2 aromatic heterocycles. The lowest BCUT2D eigenvalue weighted by atomic mass is 9.82. The Kier molecular flexibility index (Phi) is 5.80. The number of hydrogen-bond acceptors (Lipinski definition) is 7. The first-order valence-corrected chi connectivity index (χ1v) is 9.35. The third kappa shape index (κ3) is 4.05. The van der Waals surface area contributed by atoms with Gasteiger partial charge < -0.3 is 23.9 Å². The van der Waals surface area contributed by atoms with E-state index in [1.165, 1.54) is 7.11 Å². The van der Waals surface area contributed by atoms with Crippen LogP contribution in [0.2, 0.25) is 0 Å². The van der Waals surface area contributed by atoms with Crippen LogP contribution in [0.1, 0.15) is 44.4 Å². The number of nitrogens with zero attached hydrogens (tertiary/aromatic N) is 2. The van der Waals surface area contributed by atoms with Crippen LogP contribution in [0.15, 0.2) is 16.9 Å². The van der Waals surface area contributed by atoms with Crippen molar-refractivity contribution in [2.75, 3.05) is 27.4 Å². The molecule has 1 atom stereocenters. The van der Waals surface area contributed by atoms with E-state index in [0.29, 0.717) is 41.7 Å². The van der Waals surface area contributed by atoms with Crippen molar-refractivity contribution in [3.63, 3.8) is 0 Å². The number of nitrogens with one attached hydrogen (secondary N) is 1. The summed E-state index contributed by atoms with van der Waals surface area (Å²) in [4.78, 5) is 19.6. The van der Waals surface area contributed by atoms with Crippen LogP contribution in [0.25, 0.3) is 11.4 Å². The van der Waals surface area contributed by atoms with Crippen LogP contribution < -0.4 is 19.8 Å². The van der Waals surface area contributed by atoms with Gasteiger partial charge >= 0.3 is 0 Å². The lowest BCUT2D eigenvalue weighted by Crippen LogP contribution is -2.29. The molecule has 0 spiro atoms. The quantitative estimate of drug-likeness (QED) is 0.743. The number of rotatable bonds is 6. The van der Waals surface area contributed by atoms with Gasteiger partial charge in [-0.15, -0.1) is 0 Å². The fourth-order valence-corrected chi connectivity index (χ4v) is 3.23. The van der Waals surface area contributed by atoms with Crippen LogP contribution in [-0.4, -0.2) is 37.4 Å². The molecule has 0 aromatic carbocycles. The molecular weight excluding hydrogens is 374 g/mol. The highest BCUT2D eigenvalue weighted by Gasteiger charge is 2.37. The monoisotopic (exact) mass is 399 g/mol. The van der Waals surface area contributed by atoms with E-state index in [0.717, 1.165) is 6.42 Å². The standard InChI is InChI=1S/C21H25N3O5/c1-21(2,3)18-13-9-12(11-22)19(25)23-16(13)17-14(29-18)10-15(20(24-17)27-5)28-8-6-7-26-4/h9-10,18H,6-8H2,1-5H3,(H,23,25)/t18-/m0/s1. The maximum Gasteiger partial charge on any atom is 0.266 e. The van der Waals surface area contributed by atoms with Gasteiger partial charge in [0, 0.05) is 37.2 Å². The zero-order valence-electron chi connectivity index (χ0n) is 17.3. The number of nitriles is 1. The van der Waals surface area contributed by atoms with Crippen molar-refractivity contribution in [2.45, 2.75) is 33.3 Å². The summed E-state index contributed by atoms with van der Waals surface area (Å²) in [5.41, 5.74) is 0.964. The van der Waals surface area contributed by atoms with Crippen LogP contribution in [0.5, 0.6) is 17.4 Å². The second-order valence-corrected chi connectivity index (χ2v) is 7.86. The van der Waals surface area contributed by atoms with Crippen LogP contribution >= 0.6 is 0 Å². The minimum atomic E-state index is -0.465. The van der Waals surface area contributed by atoms with Crippen molar-refractivity contribution in [3.05, 3.63) is 33.6 Å². The second kappa shape index (κ2) is 8.13. The van der Waals surface area contributed by atoms with Crippen molar-refractivity contribution < 1.29 is 18.9 Å². The third-order valence-electron chi connectivity index (χ3n) is 4.61. The number of ether oxygens (including phenoxy) is 4. The maximum absolute atomic E-state index is 12.3. The van der Waals surface area contributed by atoms with E-state index >= 15 is 0 Å². The van der Waals surface area contributed by atoms with Crippen molar-refractivity contribution in [1.29, 1.82) is 5.26 Å². The molecule has 1 aliphatic heterocycles. The molecule has 154 valence electrons. The molecular formula is C21H25N3O5. The van der Waals surface area contributed by atoms with E-state index in [4.69, 9.17) is 18.9 Å². The van der Waals surface area contributed by atoms with E-state index in [9.17, 15) is 10.1 Å². The molecule has 1 N–H and O–H groups in total. The smallest absolute Gasteiger partial charge is 0.266 e. The van der Waals surface area contributed by atoms with Crippen molar-refractivity contribution in [1.82, 2.24) is 9.97 Å². The van der Waals surface area contributed by atoms with E-state index in [-0.39, 0.29) is 23.0 Å². The van der Waals surface area contributed by atoms with Gasteiger partial charge in [-0.3, -0.25) is 4.79 Å². The highest BCUT2D eigenvalue weighted by molar-refractivity contribution is 5.71. The molecule has 0 fully saturated rings. The van der Waals surface area contributed by atoms with Gasteiger partial charge in [0.25, 0.3) is 11.4 Å². The van der Waals surface area contributed by atoms with Crippen molar-refractivity contribution in [3.8, 4) is 34.8 Å². The Morgan fingerprint density at radius 1 is 1.28 bits per heavy atom. The Labute approximate surface area is 169 Å². The molecule has 0 aliphatic carbocycles. The van der Waals surface area contributed by atoms with Gasteiger partial charge in [0.05, 0.1) is 19.4 Å². The highest BCUT2D eigenvalue weighted by Crippen LogP contribution is 2.49. The van der Waals surface area contributed by atoms with Gasteiger partial charge in [0.2, 0.25) is 0 Å². The molecule has 2 aromatic rings. The molecule has 3 rings (SSSR count).